The monoisotopic (exact) mass is 410 g/mol. The van der Waals surface area contributed by atoms with E-state index in [1.807, 2.05) is 48.7 Å². The highest BCUT2D eigenvalue weighted by Crippen LogP contribution is 2.28. The summed E-state index contributed by atoms with van der Waals surface area (Å²) in [4.78, 5) is 14.4. The molecule has 5 nitrogen and oxygen atoms in total. The highest BCUT2D eigenvalue weighted by Gasteiger charge is 2.19. The number of carbonyl (C=O) groups excluding carboxylic acids is 1. The van der Waals surface area contributed by atoms with Gasteiger partial charge in [-0.1, -0.05) is 42.1 Å². The minimum absolute atomic E-state index is 0.0199. The van der Waals surface area contributed by atoms with Gasteiger partial charge in [-0.25, -0.2) is 4.39 Å². The number of aromatic nitrogens is 3. The number of hydrogen-bond acceptors (Lipinski definition) is 4. The SMILES string of the molecule is C=C(C)CN(CC)C(=O)CSc1nnc(-c2ccc(F)cc2)n1-c1ccccc1. The standard InChI is InChI=1S/C22H23FN4OS/c1-4-26(14-16(2)3)20(28)15-29-22-25-24-21(17-10-12-18(23)13-11-17)27(22)19-8-6-5-7-9-19/h5-13H,2,4,14-15H2,1,3H3. The van der Waals surface area contributed by atoms with Crippen molar-refractivity contribution in [3.05, 3.63) is 72.6 Å². The maximum atomic E-state index is 13.3. The van der Waals surface area contributed by atoms with E-state index in [1.54, 1.807) is 17.0 Å². The summed E-state index contributed by atoms with van der Waals surface area (Å²) in [5, 5.41) is 9.22. The van der Waals surface area contributed by atoms with E-state index in [0.717, 1.165) is 16.8 Å². The van der Waals surface area contributed by atoms with Crippen LogP contribution >= 0.6 is 11.8 Å². The summed E-state index contributed by atoms with van der Waals surface area (Å²) in [5.74, 6) is 0.555. The van der Waals surface area contributed by atoms with Crippen molar-refractivity contribution in [2.24, 2.45) is 0 Å². The number of hydrogen-bond donors (Lipinski definition) is 0. The Kier molecular flexibility index (Phi) is 6.82. The van der Waals surface area contributed by atoms with Crippen molar-refractivity contribution >= 4 is 17.7 Å². The predicted molar refractivity (Wildman–Crippen MR) is 115 cm³/mol. The number of likely N-dealkylation sites (N-methyl/N-ethyl adjacent to an activating group) is 1. The van der Waals surface area contributed by atoms with E-state index < -0.39 is 0 Å². The van der Waals surface area contributed by atoms with Gasteiger partial charge in [0, 0.05) is 24.3 Å². The zero-order chi connectivity index (χ0) is 20.8. The molecule has 0 aliphatic rings. The van der Waals surface area contributed by atoms with Gasteiger partial charge in [0.05, 0.1) is 5.75 Å². The molecule has 0 saturated heterocycles. The second-order valence-corrected chi connectivity index (χ2v) is 7.58. The Balaban J connectivity index is 1.90. The van der Waals surface area contributed by atoms with Crippen LogP contribution < -0.4 is 0 Å². The molecule has 150 valence electrons. The molecular weight excluding hydrogens is 387 g/mol. The van der Waals surface area contributed by atoms with Gasteiger partial charge in [0.2, 0.25) is 5.91 Å². The number of amides is 1. The molecule has 0 radical (unpaired) electrons. The molecule has 0 unspecified atom stereocenters. The van der Waals surface area contributed by atoms with Gasteiger partial charge in [-0.15, -0.1) is 10.2 Å². The summed E-state index contributed by atoms with van der Waals surface area (Å²) in [6.07, 6.45) is 0. The third-order valence-electron chi connectivity index (χ3n) is 4.27. The molecule has 7 heteroatoms. The summed E-state index contributed by atoms with van der Waals surface area (Å²) in [7, 11) is 0. The van der Waals surface area contributed by atoms with Crippen LogP contribution in [0.3, 0.4) is 0 Å². The number of nitrogens with zero attached hydrogens (tertiary/aromatic N) is 4. The van der Waals surface area contributed by atoms with Gasteiger partial charge in [-0.05, 0) is 50.2 Å². The Morgan fingerprint density at radius 1 is 1.14 bits per heavy atom. The zero-order valence-corrected chi connectivity index (χ0v) is 17.3. The molecule has 0 atom stereocenters. The summed E-state index contributed by atoms with van der Waals surface area (Å²) < 4.78 is 15.2. The fourth-order valence-electron chi connectivity index (χ4n) is 2.88. The lowest BCUT2D eigenvalue weighted by molar-refractivity contribution is -0.127. The van der Waals surface area contributed by atoms with Crippen molar-refractivity contribution in [2.45, 2.75) is 19.0 Å². The molecule has 1 aromatic heterocycles. The Labute approximate surface area is 174 Å². The van der Waals surface area contributed by atoms with Gasteiger partial charge in [0.15, 0.2) is 11.0 Å². The van der Waals surface area contributed by atoms with E-state index in [4.69, 9.17) is 0 Å². The number of thioether (sulfide) groups is 1. The average Bonchev–Trinajstić information content (AvgIpc) is 3.15. The minimum atomic E-state index is -0.308. The topological polar surface area (TPSA) is 51.0 Å². The van der Waals surface area contributed by atoms with E-state index in [-0.39, 0.29) is 17.5 Å². The van der Waals surface area contributed by atoms with Gasteiger partial charge < -0.3 is 4.90 Å². The number of halogens is 1. The molecule has 0 saturated carbocycles. The van der Waals surface area contributed by atoms with Crippen LogP contribution in [0.15, 0.2) is 71.9 Å². The van der Waals surface area contributed by atoms with E-state index >= 15 is 0 Å². The van der Waals surface area contributed by atoms with Crippen LogP contribution in [0.4, 0.5) is 4.39 Å². The maximum absolute atomic E-state index is 13.3. The summed E-state index contributed by atoms with van der Waals surface area (Å²) in [6.45, 7) is 8.91. The third-order valence-corrected chi connectivity index (χ3v) is 5.18. The van der Waals surface area contributed by atoms with Crippen molar-refractivity contribution in [1.82, 2.24) is 19.7 Å². The first-order chi connectivity index (χ1) is 14.0. The van der Waals surface area contributed by atoms with Gasteiger partial charge in [0.25, 0.3) is 0 Å². The second kappa shape index (κ2) is 9.52. The normalized spacial score (nSPS) is 10.7. The van der Waals surface area contributed by atoms with E-state index in [9.17, 15) is 9.18 Å². The molecule has 0 fully saturated rings. The molecule has 3 aromatic rings. The maximum Gasteiger partial charge on any atom is 0.233 e. The molecule has 0 bridgehead atoms. The first-order valence-corrected chi connectivity index (χ1v) is 10.3. The van der Waals surface area contributed by atoms with Gasteiger partial charge in [-0.3, -0.25) is 9.36 Å². The van der Waals surface area contributed by atoms with Crippen LogP contribution in [-0.4, -0.2) is 44.4 Å². The fourth-order valence-corrected chi connectivity index (χ4v) is 3.73. The lowest BCUT2D eigenvalue weighted by atomic mass is 10.2. The number of benzene rings is 2. The van der Waals surface area contributed by atoms with Crippen molar-refractivity contribution in [1.29, 1.82) is 0 Å². The highest BCUT2D eigenvalue weighted by molar-refractivity contribution is 7.99. The molecule has 0 spiro atoms. The Bertz CT molecular complexity index is 986. The van der Waals surface area contributed by atoms with Gasteiger partial charge >= 0.3 is 0 Å². The summed E-state index contributed by atoms with van der Waals surface area (Å²) in [6, 6.07) is 15.8. The second-order valence-electron chi connectivity index (χ2n) is 6.64. The first-order valence-electron chi connectivity index (χ1n) is 9.31. The van der Waals surface area contributed by atoms with Crippen molar-refractivity contribution < 1.29 is 9.18 Å². The molecule has 1 heterocycles. The summed E-state index contributed by atoms with van der Waals surface area (Å²) >= 11 is 1.33. The molecule has 0 N–H and O–H groups in total. The number of para-hydroxylation sites is 1. The van der Waals surface area contributed by atoms with Gasteiger partial charge in [0.1, 0.15) is 5.82 Å². The van der Waals surface area contributed by atoms with Crippen LogP contribution in [0, 0.1) is 5.82 Å². The Morgan fingerprint density at radius 3 is 2.45 bits per heavy atom. The molecular formula is C22H23FN4OS. The predicted octanol–water partition coefficient (Wildman–Crippen LogP) is 4.59. The largest absolute Gasteiger partial charge is 0.338 e. The van der Waals surface area contributed by atoms with Crippen molar-refractivity contribution in [3.63, 3.8) is 0 Å². The van der Waals surface area contributed by atoms with Crippen LogP contribution in [0.25, 0.3) is 17.1 Å². The lowest BCUT2D eigenvalue weighted by Gasteiger charge is -2.20. The average molecular weight is 411 g/mol. The lowest BCUT2D eigenvalue weighted by Crippen LogP contribution is -2.33. The Hall–Kier alpha value is -2.93. The summed E-state index contributed by atoms with van der Waals surface area (Å²) in [5.41, 5.74) is 2.57. The van der Waals surface area contributed by atoms with Gasteiger partial charge in [-0.2, -0.15) is 0 Å². The van der Waals surface area contributed by atoms with E-state index in [2.05, 4.69) is 16.8 Å². The van der Waals surface area contributed by atoms with Crippen LogP contribution in [0.5, 0.6) is 0 Å². The Morgan fingerprint density at radius 2 is 1.83 bits per heavy atom. The fraction of sp³-hybridized carbons (Fsp3) is 0.227. The quantitative estimate of drug-likeness (QED) is 0.403. The smallest absolute Gasteiger partial charge is 0.233 e. The third kappa shape index (κ3) is 5.12. The number of carbonyl (C=O) groups is 1. The van der Waals surface area contributed by atoms with E-state index in [1.165, 1.54) is 23.9 Å². The molecule has 3 rings (SSSR count). The number of rotatable bonds is 8. The van der Waals surface area contributed by atoms with Crippen LogP contribution in [0.2, 0.25) is 0 Å². The first kappa shape index (κ1) is 20.8. The van der Waals surface area contributed by atoms with Crippen molar-refractivity contribution in [3.8, 4) is 17.1 Å². The minimum Gasteiger partial charge on any atom is -0.338 e. The molecule has 2 aromatic carbocycles. The van der Waals surface area contributed by atoms with Crippen molar-refractivity contribution in [2.75, 3.05) is 18.8 Å². The van der Waals surface area contributed by atoms with E-state index in [0.29, 0.717) is 24.1 Å². The highest BCUT2D eigenvalue weighted by atomic mass is 32.2. The molecule has 29 heavy (non-hydrogen) atoms. The van der Waals surface area contributed by atoms with Crippen LogP contribution in [-0.2, 0) is 4.79 Å². The molecule has 1 amide bonds. The van der Waals surface area contributed by atoms with Crippen LogP contribution in [0.1, 0.15) is 13.8 Å². The molecule has 0 aliphatic heterocycles. The molecule has 0 aliphatic carbocycles. The zero-order valence-electron chi connectivity index (χ0n) is 16.5.